The zero-order valence-corrected chi connectivity index (χ0v) is 25.4. The summed E-state index contributed by atoms with van der Waals surface area (Å²) in [6, 6.07) is 22.8. The van der Waals surface area contributed by atoms with Crippen LogP contribution < -0.4 is 19.9 Å². The number of piperidine rings is 1. The number of piperazine rings is 1. The molecule has 0 spiro atoms. The van der Waals surface area contributed by atoms with Crippen molar-refractivity contribution in [2.45, 2.75) is 25.5 Å². The molecule has 0 saturated carbocycles. The van der Waals surface area contributed by atoms with Gasteiger partial charge in [0.2, 0.25) is 5.95 Å². The standard InChI is InChI=1S/C34H37N9O2/c1-24-20-43(32-4-2-3-12-36-32)13-11-30(24)45-31-10-5-25(18-26(31)19-35)33-37-23-38-34(40-33)39-27-6-8-28(9-7-27)41-14-16-42(17-15-41)29-21-44-22-29/h2-10,12,18,23-24,29-30H,11,13-17,20-22H2,1H3,(H,37,38,39,40)/t24-,30+/m1/s1. The number of hydrogen-bond donors (Lipinski definition) is 1. The minimum absolute atomic E-state index is 0.00863. The quantitative estimate of drug-likeness (QED) is 0.310. The van der Waals surface area contributed by atoms with E-state index in [0.29, 0.717) is 29.1 Å². The van der Waals surface area contributed by atoms with Gasteiger partial charge in [-0.15, -0.1) is 0 Å². The Kier molecular flexibility index (Phi) is 8.40. The van der Waals surface area contributed by atoms with Crippen molar-refractivity contribution in [3.8, 4) is 23.2 Å². The van der Waals surface area contributed by atoms with Gasteiger partial charge in [0.1, 0.15) is 30.1 Å². The van der Waals surface area contributed by atoms with Gasteiger partial charge in [-0.2, -0.15) is 10.2 Å². The molecule has 5 heterocycles. The van der Waals surface area contributed by atoms with E-state index in [2.05, 4.69) is 65.1 Å². The first-order valence-corrected chi connectivity index (χ1v) is 15.6. The molecule has 45 heavy (non-hydrogen) atoms. The highest BCUT2D eigenvalue weighted by Crippen LogP contribution is 2.30. The summed E-state index contributed by atoms with van der Waals surface area (Å²) < 4.78 is 11.8. The summed E-state index contributed by atoms with van der Waals surface area (Å²) >= 11 is 0. The largest absolute Gasteiger partial charge is 0.489 e. The second kappa shape index (κ2) is 13.1. The first-order valence-electron chi connectivity index (χ1n) is 15.6. The Balaban J connectivity index is 0.975. The molecule has 11 heteroatoms. The van der Waals surface area contributed by atoms with Crippen LogP contribution >= 0.6 is 0 Å². The molecule has 3 saturated heterocycles. The average molecular weight is 604 g/mol. The summed E-state index contributed by atoms with van der Waals surface area (Å²) in [6.07, 6.45) is 4.16. The Hall–Kier alpha value is -4.79. The molecule has 0 amide bonds. The van der Waals surface area contributed by atoms with Gasteiger partial charge in [0.05, 0.1) is 24.8 Å². The number of anilines is 4. The Morgan fingerprint density at radius 2 is 1.78 bits per heavy atom. The van der Waals surface area contributed by atoms with E-state index in [9.17, 15) is 5.26 Å². The minimum atomic E-state index is 0.00863. The molecule has 2 aromatic carbocycles. The molecular formula is C34H37N9O2. The van der Waals surface area contributed by atoms with Crippen LogP contribution in [0.15, 0.2) is 73.2 Å². The van der Waals surface area contributed by atoms with Crippen LogP contribution in [0, 0.1) is 17.2 Å². The van der Waals surface area contributed by atoms with E-state index in [1.165, 1.54) is 12.0 Å². The van der Waals surface area contributed by atoms with Crippen LogP contribution in [0.1, 0.15) is 18.9 Å². The Bertz CT molecular complexity index is 1630. The molecule has 0 aliphatic carbocycles. The van der Waals surface area contributed by atoms with Crippen molar-refractivity contribution in [2.75, 3.05) is 67.6 Å². The fraction of sp³-hybridized carbons (Fsp3) is 0.382. The topological polar surface area (TPSA) is 116 Å². The summed E-state index contributed by atoms with van der Waals surface area (Å²) in [6.45, 7) is 9.76. The molecule has 3 aliphatic rings. The molecule has 11 nitrogen and oxygen atoms in total. The highest BCUT2D eigenvalue weighted by Gasteiger charge is 2.30. The molecule has 3 aliphatic heterocycles. The number of ether oxygens (including phenoxy) is 2. The summed E-state index contributed by atoms with van der Waals surface area (Å²) in [4.78, 5) is 25.1. The van der Waals surface area contributed by atoms with E-state index in [1.807, 2.05) is 48.7 Å². The lowest BCUT2D eigenvalue weighted by Crippen LogP contribution is -2.56. The molecule has 230 valence electrons. The van der Waals surface area contributed by atoms with Crippen molar-refractivity contribution in [2.24, 2.45) is 5.92 Å². The number of pyridine rings is 1. The van der Waals surface area contributed by atoms with E-state index < -0.39 is 0 Å². The maximum absolute atomic E-state index is 9.97. The fourth-order valence-corrected chi connectivity index (χ4v) is 6.23. The van der Waals surface area contributed by atoms with Gasteiger partial charge in [-0.25, -0.2) is 15.0 Å². The number of benzene rings is 2. The average Bonchev–Trinajstić information content (AvgIpc) is 3.06. The van der Waals surface area contributed by atoms with Crippen molar-refractivity contribution in [1.82, 2.24) is 24.8 Å². The van der Waals surface area contributed by atoms with Gasteiger partial charge in [0.15, 0.2) is 5.82 Å². The molecular weight excluding hydrogens is 566 g/mol. The van der Waals surface area contributed by atoms with Gasteiger partial charge >= 0.3 is 0 Å². The van der Waals surface area contributed by atoms with E-state index in [0.717, 1.165) is 76.0 Å². The third-order valence-corrected chi connectivity index (χ3v) is 8.95. The molecule has 0 unspecified atom stereocenters. The summed E-state index contributed by atoms with van der Waals surface area (Å²) in [7, 11) is 0. The van der Waals surface area contributed by atoms with E-state index in [1.54, 1.807) is 6.07 Å². The SMILES string of the molecule is C[C@@H]1CN(c2ccccn2)CC[C@@H]1Oc1ccc(-c2ncnc(Nc3ccc(N4CCN(C5COC5)CC4)cc3)n2)cc1C#N. The zero-order chi connectivity index (χ0) is 30.6. The van der Waals surface area contributed by atoms with E-state index in [-0.39, 0.29) is 12.0 Å². The van der Waals surface area contributed by atoms with Crippen LogP contribution in [0.5, 0.6) is 5.75 Å². The Labute approximate surface area is 263 Å². The molecule has 0 radical (unpaired) electrons. The van der Waals surface area contributed by atoms with Gasteiger partial charge in [0, 0.05) is 74.7 Å². The minimum Gasteiger partial charge on any atom is -0.489 e. The van der Waals surface area contributed by atoms with Crippen LogP contribution in [0.3, 0.4) is 0 Å². The first kappa shape index (κ1) is 29.0. The Morgan fingerprint density at radius 3 is 2.49 bits per heavy atom. The van der Waals surface area contributed by atoms with Gasteiger partial charge in [-0.05, 0) is 54.6 Å². The van der Waals surface area contributed by atoms with Crippen LogP contribution in [0.25, 0.3) is 11.4 Å². The van der Waals surface area contributed by atoms with Crippen LogP contribution in [-0.4, -0.2) is 89.5 Å². The highest BCUT2D eigenvalue weighted by atomic mass is 16.5. The van der Waals surface area contributed by atoms with Crippen LogP contribution in [0.2, 0.25) is 0 Å². The van der Waals surface area contributed by atoms with Crippen molar-refractivity contribution in [3.63, 3.8) is 0 Å². The highest BCUT2D eigenvalue weighted by molar-refractivity contribution is 5.64. The number of nitrogens with zero attached hydrogens (tertiary/aromatic N) is 8. The molecule has 2 atom stereocenters. The van der Waals surface area contributed by atoms with Gasteiger partial charge < -0.3 is 24.6 Å². The third-order valence-electron chi connectivity index (χ3n) is 8.95. The summed E-state index contributed by atoms with van der Waals surface area (Å²) in [5, 5.41) is 13.3. The predicted molar refractivity (Wildman–Crippen MR) is 173 cm³/mol. The Morgan fingerprint density at radius 1 is 0.933 bits per heavy atom. The molecule has 2 aromatic heterocycles. The number of aromatic nitrogens is 4. The van der Waals surface area contributed by atoms with Crippen LogP contribution in [0.4, 0.5) is 23.1 Å². The summed E-state index contributed by atoms with van der Waals surface area (Å²) in [5.74, 6) is 2.76. The molecule has 1 N–H and O–H groups in total. The maximum Gasteiger partial charge on any atom is 0.230 e. The third kappa shape index (κ3) is 6.53. The van der Waals surface area contributed by atoms with Crippen molar-refractivity contribution >= 4 is 23.1 Å². The first-order chi connectivity index (χ1) is 22.1. The lowest BCUT2D eigenvalue weighted by atomic mass is 9.96. The second-order valence-corrected chi connectivity index (χ2v) is 11.9. The molecule has 0 bridgehead atoms. The number of nitrogens with one attached hydrogen (secondary N) is 1. The van der Waals surface area contributed by atoms with Gasteiger partial charge in [-0.1, -0.05) is 13.0 Å². The van der Waals surface area contributed by atoms with E-state index in [4.69, 9.17) is 9.47 Å². The molecule has 7 rings (SSSR count). The van der Waals surface area contributed by atoms with Crippen molar-refractivity contribution in [1.29, 1.82) is 5.26 Å². The normalized spacial score (nSPS) is 20.7. The summed E-state index contributed by atoms with van der Waals surface area (Å²) in [5.41, 5.74) is 3.29. The van der Waals surface area contributed by atoms with Crippen molar-refractivity contribution < 1.29 is 9.47 Å². The number of hydrogen-bond acceptors (Lipinski definition) is 11. The fourth-order valence-electron chi connectivity index (χ4n) is 6.23. The predicted octanol–water partition coefficient (Wildman–Crippen LogP) is 4.36. The van der Waals surface area contributed by atoms with Crippen molar-refractivity contribution in [3.05, 3.63) is 78.8 Å². The smallest absolute Gasteiger partial charge is 0.230 e. The molecule has 4 aromatic rings. The zero-order valence-electron chi connectivity index (χ0n) is 25.4. The maximum atomic E-state index is 9.97. The number of nitriles is 1. The lowest BCUT2D eigenvalue weighted by Gasteiger charge is -2.43. The second-order valence-electron chi connectivity index (χ2n) is 11.9. The van der Waals surface area contributed by atoms with Gasteiger partial charge in [-0.3, -0.25) is 4.90 Å². The molecule has 3 fully saturated rings. The van der Waals surface area contributed by atoms with Gasteiger partial charge in [0.25, 0.3) is 0 Å². The van der Waals surface area contributed by atoms with E-state index >= 15 is 0 Å². The monoisotopic (exact) mass is 603 g/mol. The van der Waals surface area contributed by atoms with Crippen LogP contribution in [-0.2, 0) is 4.74 Å². The number of rotatable bonds is 8. The lowest BCUT2D eigenvalue weighted by molar-refractivity contribution is -0.0660.